The Hall–Kier alpha value is -0.550. The molecule has 0 spiro atoms. The molecule has 0 aromatic carbocycles. The van der Waals surface area contributed by atoms with Crippen molar-refractivity contribution in [2.24, 2.45) is 5.41 Å². The van der Waals surface area contributed by atoms with E-state index in [0.29, 0.717) is 0 Å². The average Bonchev–Trinajstić information content (AvgIpc) is 2.17. The molecule has 0 radical (unpaired) electrons. The fourth-order valence-electron chi connectivity index (χ4n) is 3.01. The van der Waals surface area contributed by atoms with Crippen molar-refractivity contribution in [1.29, 1.82) is 5.26 Å². The summed E-state index contributed by atoms with van der Waals surface area (Å²) in [4.78, 5) is 0. The predicted octanol–water partition coefficient (Wildman–Crippen LogP) is 3.79. The Morgan fingerprint density at radius 2 is 1.69 bits per heavy atom. The van der Waals surface area contributed by atoms with Gasteiger partial charge in [-0.15, -0.1) is 0 Å². The van der Waals surface area contributed by atoms with Crippen molar-refractivity contribution in [1.82, 2.24) is 0 Å². The van der Waals surface area contributed by atoms with E-state index in [1.165, 1.54) is 19.3 Å². The lowest BCUT2D eigenvalue weighted by Gasteiger charge is -2.41. The van der Waals surface area contributed by atoms with Crippen LogP contribution in [0.25, 0.3) is 0 Å². The molecule has 92 valence electrons. The lowest BCUT2D eigenvalue weighted by molar-refractivity contribution is -0.0590. The Kier molecular flexibility index (Phi) is 4.80. The molecule has 0 aliphatic heterocycles. The lowest BCUT2D eigenvalue weighted by Crippen LogP contribution is -2.45. The van der Waals surface area contributed by atoms with Gasteiger partial charge in [0, 0.05) is 0 Å². The number of aliphatic hydroxyl groups is 1. The van der Waals surface area contributed by atoms with Gasteiger partial charge < -0.3 is 5.11 Å². The second-order valence-corrected chi connectivity index (χ2v) is 5.49. The summed E-state index contributed by atoms with van der Waals surface area (Å²) in [5, 5.41) is 20.1. The molecule has 0 heterocycles. The first-order valence-electron chi connectivity index (χ1n) is 6.71. The highest BCUT2D eigenvalue weighted by molar-refractivity contribution is 5.09. The zero-order chi connectivity index (χ0) is 12.1. The van der Waals surface area contributed by atoms with Gasteiger partial charge in [-0.2, -0.15) is 5.26 Å². The van der Waals surface area contributed by atoms with Gasteiger partial charge in [-0.1, -0.05) is 45.4 Å². The zero-order valence-electron chi connectivity index (χ0n) is 10.8. The lowest BCUT2D eigenvalue weighted by atomic mass is 9.65. The van der Waals surface area contributed by atoms with Gasteiger partial charge >= 0.3 is 0 Å². The van der Waals surface area contributed by atoms with Gasteiger partial charge in [-0.25, -0.2) is 0 Å². The maximum Gasteiger partial charge on any atom is 0.0857 e. The average molecular weight is 223 g/mol. The first kappa shape index (κ1) is 13.5. The van der Waals surface area contributed by atoms with Gasteiger partial charge in [0.25, 0.3) is 0 Å². The number of hydrogen-bond donors (Lipinski definition) is 1. The number of nitriles is 1. The molecule has 1 fully saturated rings. The summed E-state index contributed by atoms with van der Waals surface area (Å²) in [6.45, 7) is 3.93. The van der Waals surface area contributed by atoms with Gasteiger partial charge in [0.1, 0.15) is 0 Å². The maximum atomic E-state index is 10.6. The van der Waals surface area contributed by atoms with Crippen LogP contribution in [-0.2, 0) is 0 Å². The second kappa shape index (κ2) is 5.68. The number of rotatable bonds is 3. The van der Waals surface area contributed by atoms with E-state index < -0.39 is 11.0 Å². The molecule has 0 aromatic heterocycles. The maximum absolute atomic E-state index is 10.6. The summed E-state index contributed by atoms with van der Waals surface area (Å²) < 4.78 is 0. The first-order chi connectivity index (χ1) is 7.58. The summed E-state index contributed by atoms with van der Waals surface area (Å²) >= 11 is 0. The molecular formula is C14H25NO. The summed E-state index contributed by atoms with van der Waals surface area (Å²) in [5.41, 5.74) is -1.31. The third-order valence-corrected chi connectivity index (χ3v) is 4.19. The van der Waals surface area contributed by atoms with Crippen molar-refractivity contribution >= 4 is 0 Å². The van der Waals surface area contributed by atoms with Crippen LogP contribution in [0.1, 0.15) is 71.6 Å². The zero-order valence-corrected chi connectivity index (χ0v) is 10.8. The normalized spacial score (nSPS) is 24.9. The van der Waals surface area contributed by atoms with Crippen LogP contribution in [0.3, 0.4) is 0 Å². The minimum atomic E-state index is -0.812. The molecule has 2 heteroatoms. The molecule has 1 aliphatic rings. The Bertz CT molecular complexity index is 244. The highest BCUT2D eigenvalue weighted by Gasteiger charge is 2.46. The SMILES string of the molecule is CCCC(C)(O)C1(C#N)CCCCCCC1. The Morgan fingerprint density at radius 1 is 1.19 bits per heavy atom. The Balaban J connectivity index is 2.84. The van der Waals surface area contributed by atoms with Crippen LogP contribution < -0.4 is 0 Å². The van der Waals surface area contributed by atoms with Crippen molar-refractivity contribution in [3.63, 3.8) is 0 Å². The quantitative estimate of drug-likeness (QED) is 0.791. The number of hydrogen-bond acceptors (Lipinski definition) is 2. The van der Waals surface area contributed by atoms with Gasteiger partial charge in [0.2, 0.25) is 0 Å². The third kappa shape index (κ3) is 2.77. The third-order valence-electron chi connectivity index (χ3n) is 4.19. The van der Waals surface area contributed by atoms with Gasteiger partial charge in [0.15, 0.2) is 0 Å². The minimum Gasteiger partial charge on any atom is -0.389 e. The topological polar surface area (TPSA) is 44.0 Å². The highest BCUT2D eigenvalue weighted by Crippen LogP contribution is 2.44. The van der Waals surface area contributed by atoms with Crippen LogP contribution in [0.2, 0.25) is 0 Å². The molecule has 1 rings (SSSR count). The molecule has 2 nitrogen and oxygen atoms in total. The molecule has 1 saturated carbocycles. The molecule has 1 unspecified atom stereocenters. The van der Waals surface area contributed by atoms with E-state index in [0.717, 1.165) is 38.5 Å². The van der Waals surface area contributed by atoms with Gasteiger partial charge in [0.05, 0.1) is 17.1 Å². The highest BCUT2D eigenvalue weighted by atomic mass is 16.3. The van der Waals surface area contributed by atoms with Crippen molar-refractivity contribution in [2.45, 2.75) is 77.2 Å². The molecule has 0 saturated heterocycles. The van der Waals surface area contributed by atoms with Crippen molar-refractivity contribution in [3.05, 3.63) is 0 Å². The molecule has 0 bridgehead atoms. The second-order valence-electron chi connectivity index (χ2n) is 5.49. The van der Waals surface area contributed by atoms with E-state index in [4.69, 9.17) is 0 Å². The van der Waals surface area contributed by atoms with Crippen molar-refractivity contribution in [3.8, 4) is 6.07 Å². The van der Waals surface area contributed by atoms with E-state index >= 15 is 0 Å². The smallest absolute Gasteiger partial charge is 0.0857 e. The standard InChI is InChI=1S/C14H25NO/c1-3-9-13(2,16)14(12-15)10-7-5-4-6-8-11-14/h16H,3-11H2,1-2H3. The molecular weight excluding hydrogens is 198 g/mol. The van der Waals surface area contributed by atoms with Crippen LogP contribution in [0.4, 0.5) is 0 Å². The molecule has 1 atom stereocenters. The molecule has 0 amide bonds. The summed E-state index contributed by atoms with van der Waals surface area (Å²) in [6, 6.07) is 2.46. The summed E-state index contributed by atoms with van der Waals surface area (Å²) in [7, 11) is 0. The van der Waals surface area contributed by atoms with Crippen LogP contribution in [0, 0.1) is 16.7 Å². The van der Waals surface area contributed by atoms with Crippen molar-refractivity contribution < 1.29 is 5.11 Å². The largest absolute Gasteiger partial charge is 0.389 e. The predicted molar refractivity (Wildman–Crippen MR) is 65.9 cm³/mol. The Morgan fingerprint density at radius 3 is 2.12 bits per heavy atom. The Labute approximate surface area is 99.7 Å². The van der Waals surface area contributed by atoms with Gasteiger partial charge in [-0.05, 0) is 26.2 Å². The molecule has 1 aliphatic carbocycles. The molecule has 0 aromatic rings. The molecule has 1 N–H and O–H groups in total. The fourth-order valence-corrected chi connectivity index (χ4v) is 3.01. The van der Waals surface area contributed by atoms with Crippen LogP contribution >= 0.6 is 0 Å². The van der Waals surface area contributed by atoms with Crippen molar-refractivity contribution in [2.75, 3.05) is 0 Å². The molecule has 16 heavy (non-hydrogen) atoms. The van der Waals surface area contributed by atoms with Crippen LogP contribution in [0.5, 0.6) is 0 Å². The fraction of sp³-hybridized carbons (Fsp3) is 0.929. The monoisotopic (exact) mass is 223 g/mol. The van der Waals surface area contributed by atoms with Gasteiger partial charge in [-0.3, -0.25) is 0 Å². The van der Waals surface area contributed by atoms with E-state index in [-0.39, 0.29) is 0 Å². The summed E-state index contributed by atoms with van der Waals surface area (Å²) in [6.07, 6.45) is 9.32. The number of nitrogens with zero attached hydrogens (tertiary/aromatic N) is 1. The van der Waals surface area contributed by atoms with Crippen LogP contribution in [-0.4, -0.2) is 10.7 Å². The van der Waals surface area contributed by atoms with Crippen LogP contribution in [0.15, 0.2) is 0 Å². The van der Waals surface area contributed by atoms with E-state index in [2.05, 4.69) is 13.0 Å². The van der Waals surface area contributed by atoms with E-state index in [1.807, 2.05) is 6.92 Å². The minimum absolute atomic E-state index is 0.497. The van der Waals surface area contributed by atoms with E-state index in [9.17, 15) is 10.4 Å². The first-order valence-corrected chi connectivity index (χ1v) is 6.71. The summed E-state index contributed by atoms with van der Waals surface area (Å²) in [5.74, 6) is 0. The van der Waals surface area contributed by atoms with E-state index in [1.54, 1.807) is 0 Å².